The molecular formula is C13H22N2O. The molecule has 0 spiro atoms. The zero-order chi connectivity index (χ0) is 12.0. The molecule has 0 radical (unpaired) electrons. The van der Waals surface area contributed by atoms with E-state index in [4.69, 9.17) is 4.74 Å². The monoisotopic (exact) mass is 222 g/mol. The van der Waals surface area contributed by atoms with Crippen molar-refractivity contribution in [2.24, 2.45) is 0 Å². The number of likely N-dealkylation sites (N-methyl/N-ethyl adjacent to an activating group) is 1. The van der Waals surface area contributed by atoms with E-state index in [1.54, 1.807) is 7.11 Å². The summed E-state index contributed by atoms with van der Waals surface area (Å²) in [7, 11) is 5.78. The number of rotatable bonds is 6. The minimum Gasteiger partial charge on any atom is -0.383 e. The van der Waals surface area contributed by atoms with Crippen molar-refractivity contribution in [2.75, 3.05) is 39.3 Å². The summed E-state index contributed by atoms with van der Waals surface area (Å²) < 4.78 is 5.06. The molecule has 90 valence electrons. The second-order valence-corrected chi connectivity index (χ2v) is 4.02. The normalized spacial score (nSPS) is 12.5. The Morgan fingerprint density at radius 1 is 1.31 bits per heavy atom. The molecule has 1 atom stereocenters. The Balaban J connectivity index is 2.63. The first kappa shape index (κ1) is 13.0. The molecule has 0 amide bonds. The summed E-state index contributed by atoms with van der Waals surface area (Å²) in [6.07, 6.45) is 0. The van der Waals surface area contributed by atoms with Crippen LogP contribution in [-0.4, -0.2) is 34.4 Å². The van der Waals surface area contributed by atoms with Crippen LogP contribution in [0.25, 0.3) is 0 Å². The first-order valence-electron chi connectivity index (χ1n) is 5.66. The molecule has 1 rings (SSSR count). The van der Waals surface area contributed by atoms with E-state index in [1.807, 2.05) is 7.05 Å². The highest BCUT2D eigenvalue weighted by molar-refractivity contribution is 5.47. The molecule has 0 aliphatic carbocycles. The van der Waals surface area contributed by atoms with Crippen molar-refractivity contribution in [3.63, 3.8) is 0 Å². The standard InChI is InChI=1S/C13H22N2O/c1-11(14-2)12-5-7-13(8-6-12)15(3)9-10-16-4/h5-8,11,14H,9-10H2,1-4H3. The Kier molecular flexibility index (Phi) is 5.29. The quantitative estimate of drug-likeness (QED) is 0.797. The molecule has 16 heavy (non-hydrogen) atoms. The van der Waals surface area contributed by atoms with Crippen LogP contribution >= 0.6 is 0 Å². The molecular weight excluding hydrogens is 200 g/mol. The maximum Gasteiger partial charge on any atom is 0.0637 e. The van der Waals surface area contributed by atoms with E-state index in [2.05, 4.69) is 48.5 Å². The lowest BCUT2D eigenvalue weighted by Gasteiger charge is -2.19. The van der Waals surface area contributed by atoms with Gasteiger partial charge in [-0.2, -0.15) is 0 Å². The summed E-state index contributed by atoms with van der Waals surface area (Å²) in [6.45, 7) is 3.83. The van der Waals surface area contributed by atoms with Crippen molar-refractivity contribution in [1.82, 2.24) is 5.32 Å². The van der Waals surface area contributed by atoms with Gasteiger partial charge in [0.1, 0.15) is 0 Å². The summed E-state index contributed by atoms with van der Waals surface area (Å²) >= 11 is 0. The van der Waals surface area contributed by atoms with Crippen molar-refractivity contribution in [3.8, 4) is 0 Å². The van der Waals surface area contributed by atoms with Gasteiger partial charge in [0, 0.05) is 32.4 Å². The van der Waals surface area contributed by atoms with Crippen LogP contribution in [0.3, 0.4) is 0 Å². The van der Waals surface area contributed by atoms with Crippen LogP contribution in [0.2, 0.25) is 0 Å². The Hall–Kier alpha value is -1.06. The van der Waals surface area contributed by atoms with Crippen LogP contribution in [0.15, 0.2) is 24.3 Å². The Labute approximate surface area is 98.4 Å². The van der Waals surface area contributed by atoms with Crippen molar-refractivity contribution in [3.05, 3.63) is 29.8 Å². The summed E-state index contributed by atoms with van der Waals surface area (Å²) in [6, 6.07) is 9.04. The van der Waals surface area contributed by atoms with Crippen LogP contribution in [-0.2, 0) is 4.74 Å². The van der Waals surface area contributed by atoms with Gasteiger partial charge in [0.25, 0.3) is 0 Å². The fourth-order valence-electron chi connectivity index (χ4n) is 1.54. The van der Waals surface area contributed by atoms with Crippen LogP contribution in [0, 0.1) is 0 Å². The molecule has 0 saturated carbocycles. The van der Waals surface area contributed by atoms with Crippen molar-refractivity contribution < 1.29 is 4.74 Å². The summed E-state index contributed by atoms with van der Waals surface area (Å²) in [4.78, 5) is 2.19. The predicted octanol–water partition coefficient (Wildman–Crippen LogP) is 2.05. The van der Waals surface area contributed by atoms with Gasteiger partial charge in [0.05, 0.1) is 6.61 Å². The second-order valence-electron chi connectivity index (χ2n) is 4.02. The molecule has 0 bridgehead atoms. The van der Waals surface area contributed by atoms with E-state index < -0.39 is 0 Å². The molecule has 0 heterocycles. The van der Waals surface area contributed by atoms with Gasteiger partial charge in [-0.15, -0.1) is 0 Å². The maximum absolute atomic E-state index is 5.06. The van der Waals surface area contributed by atoms with E-state index in [9.17, 15) is 0 Å². The molecule has 3 heteroatoms. The van der Waals surface area contributed by atoms with Crippen molar-refractivity contribution in [2.45, 2.75) is 13.0 Å². The third kappa shape index (κ3) is 3.51. The van der Waals surface area contributed by atoms with Gasteiger partial charge in [0.2, 0.25) is 0 Å². The molecule has 1 aromatic carbocycles. The molecule has 3 nitrogen and oxygen atoms in total. The van der Waals surface area contributed by atoms with E-state index in [-0.39, 0.29) is 0 Å². The molecule has 1 N–H and O–H groups in total. The van der Waals surface area contributed by atoms with Gasteiger partial charge in [0.15, 0.2) is 0 Å². The number of nitrogens with one attached hydrogen (secondary N) is 1. The molecule has 0 fully saturated rings. The van der Waals surface area contributed by atoms with Crippen LogP contribution in [0.4, 0.5) is 5.69 Å². The molecule has 0 aliphatic rings. The number of benzene rings is 1. The lowest BCUT2D eigenvalue weighted by Crippen LogP contribution is -2.22. The van der Waals surface area contributed by atoms with Gasteiger partial charge >= 0.3 is 0 Å². The number of hydrogen-bond donors (Lipinski definition) is 1. The zero-order valence-corrected chi connectivity index (χ0v) is 10.7. The van der Waals surface area contributed by atoms with Crippen LogP contribution < -0.4 is 10.2 Å². The molecule has 1 unspecified atom stereocenters. The average Bonchev–Trinajstić information content (AvgIpc) is 2.35. The first-order chi connectivity index (χ1) is 7.69. The van der Waals surface area contributed by atoms with Gasteiger partial charge < -0.3 is 15.0 Å². The third-order valence-corrected chi connectivity index (χ3v) is 2.90. The average molecular weight is 222 g/mol. The number of methoxy groups -OCH3 is 1. The summed E-state index contributed by atoms with van der Waals surface area (Å²) in [5, 5.41) is 3.23. The van der Waals surface area contributed by atoms with Gasteiger partial charge in [-0.25, -0.2) is 0 Å². The summed E-state index contributed by atoms with van der Waals surface area (Å²) in [5.41, 5.74) is 2.54. The lowest BCUT2D eigenvalue weighted by atomic mass is 10.1. The largest absolute Gasteiger partial charge is 0.383 e. The highest BCUT2D eigenvalue weighted by Gasteiger charge is 2.04. The van der Waals surface area contributed by atoms with Crippen LogP contribution in [0.5, 0.6) is 0 Å². The number of anilines is 1. The lowest BCUT2D eigenvalue weighted by molar-refractivity contribution is 0.206. The highest BCUT2D eigenvalue weighted by Crippen LogP contribution is 2.17. The second kappa shape index (κ2) is 6.51. The smallest absolute Gasteiger partial charge is 0.0637 e. The molecule has 0 aromatic heterocycles. The summed E-state index contributed by atoms with van der Waals surface area (Å²) in [5.74, 6) is 0. The van der Waals surface area contributed by atoms with E-state index in [0.29, 0.717) is 6.04 Å². The number of nitrogens with zero attached hydrogens (tertiary/aromatic N) is 1. The third-order valence-electron chi connectivity index (χ3n) is 2.90. The van der Waals surface area contributed by atoms with Gasteiger partial charge in [-0.1, -0.05) is 12.1 Å². The van der Waals surface area contributed by atoms with E-state index >= 15 is 0 Å². The van der Waals surface area contributed by atoms with Gasteiger partial charge in [-0.3, -0.25) is 0 Å². The van der Waals surface area contributed by atoms with Crippen molar-refractivity contribution >= 4 is 5.69 Å². The Bertz CT molecular complexity index is 297. The fourth-order valence-corrected chi connectivity index (χ4v) is 1.54. The van der Waals surface area contributed by atoms with Crippen molar-refractivity contribution in [1.29, 1.82) is 0 Å². The first-order valence-corrected chi connectivity index (χ1v) is 5.66. The van der Waals surface area contributed by atoms with E-state index in [1.165, 1.54) is 11.3 Å². The molecule has 0 saturated heterocycles. The highest BCUT2D eigenvalue weighted by atomic mass is 16.5. The Morgan fingerprint density at radius 3 is 2.44 bits per heavy atom. The number of ether oxygens (including phenoxy) is 1. The number of hydrogen-bond acceptors (Lipinski definition) is 3. The Morgan fingerprint density at radius 2 is 1.94 bits per heavy atom. The molecule has 1 aromatic rings. The zero-order valence-electron chi connectivity index (χ0n) is 10.7. The van der Waals surface area contributed by atoms with E-state index in [0.717, 1.165) is 13.2 Å². The molecule has 0 aliphatic heterocycles. The van der Waals surface area contributed by atoms with Crippen LogP contribution in [0.1, 0.15) is 18.5 Å². The SMILES string of the molecule is CNC(C)c1ccc(N(C)CCOC)cc1. The minimum atomic E-state index is 0.401. The van der Waals surface area contributed by atoms with Gasteiger partial charge in [-0.05, 0) is 31.7 Å². The fraction of sp³-hybridized carbons (Fsp3) is 0.538. The topological polar surface area (TPSA) is 24.5 Å². The maximum atomic E-state index is 5.06. The minimum absolute atomic E-state index is 0.401. The predicted molar refractivity (Wildman–Crippen MR) is 69.1 cm³/mol.